The highest BCUT2D eigenvalue weighted by Crippen LogP contribution is 2.34. The molecule has 1 saturated heterocycles. The van der Waals surface area contributed by atoms with Crippen LogP contribution in [0.1, 0.15) is 16.9 Å². The third-order valence-corrected chi connectivity index (χ3v) is 5.94. The maximum Gasteiger partial charge on any atom is 0.269 e. The summed E-state index contributed by atoms with van der Waals surface area (Å²) in [5, 5.41) is 19.6. The molecule has 1 aliphatic heterocycles. The fourth-order valence-corrected chi connectivity index (χ4v) is 4.06. The average molecular weight is 476 g/mol. The van der Waals surface area contributed by atoms with E-state index in [0.29, 0.717) is 21.4 Å². The van der Waals surface area contributed by atoms with Crippen LogP contribution in [0, 0.1) is 10.1 Å². The van der Waals surface area contributed by atoms with E-state index in [1.165, 1.54) is 35.0 Å². The van der Waals surface area contributed by atoms with E-state index in [-0.39, 0.29) is 18.1 Å². The molecule has 172 valence electrons. The third-order valence-electron chi connectivity index (χ3n) is 4.94. The summed E-state index contributed by atoms with van der Waals surface area (Å²) < 4.78 is 5.41. The predicted molar refractivity (Wildman–Crippen MR) is 134 cm³/mol. The van der Waals surface area contributed by atoms with Gasteiger partial charge in [-0.25, -0.2) is 0 Å². The van der Waals surface area contributed by atoms with Crippen molar-refractivity contribution < 1.29 is 14.1 Å². The number of rotatable bonds is 7. The van der Waals surface area contributed by atoms with Gasteiger partial charge in [0.2, 0.25) is 0 Å². The van der Waals surface area contributed by atoms with E-state index in [1.54, 1.807) is 30.5 Å². The number of hydrogen-bond acceptors (Lipinski definition) is 8. The lowest BCUT2D eigenvalue weighted by atomic mass is 10.2. The largest absolute Gasteiger partial charge is 0.467 e. The number of carbonyl (C=O) groups excluding carboxylic acids is 1. The summed E-state index contributed by atoms with van der Waals surface area (Å²) >= 11 is 1.23. The molecule has 34 heavy (non-hydrogen) atoms. The Bertz CT molecular complexity index is 1260. The summed E-state index contributed by atoms with van der Waals surface area (Å²) in [7, 11) is 3.94. The first-order valence-corrected chi connectivity index (χ1v) is 11.1. The minimum Gasteiger partial charge on any atom is -0.467 e. The van der Waals surface area contributed by atoms with E-state index in [9.17, 15) is 14.9 Å². The fraction of sp³-hybridized carbons (Fsp3) is 0.125. The average Bonchev–Trinajstić information content (AvgIpc) is 3.44. The number of nitro groups is 1. The molecule has 0 unspecified atom stereocenters. The molecule has 0 N–H and O–H groups in total. The highest BCUT2D eigenvalue weighted by atomic mass is 32.2. The van der Waals surface area contributed by atoms with Crippen molar-refractivity contribution in [2.24, 2.45) is 10.2 Å². The van der Waals surface area contributed by atoms with Gasteiger partial charge in [-0.2, -0.15) is 5.10 Å². The van der Waals surface area contributed by atoms with Crippen molar-refractivity contribution in [3.05, 3.63) is 98.8 Å². The Balaban J connectivity index is 1.58. The molecule has 0 spiro atoms. The van der Waals surface area contributed by atoms with Gasteiger partial charge in [0.05, 0.1) is 28.9 Å². The van der Waals surface area contributed by atoms with Crippen LogP contribution in [-0.2, 0) is 11.3 Å². The van der Waals surface area contributed by atoms with Crippen LogP contribution in [0.2, 0.25) is 0 Å². The normalized spacial score (nSPS) is 16.2. The Morgan fingerprint density at radius 1 is 1.09 bits per heavy atom. The van der Waals surface area contributed by atoms with Gasteiger partial charge in [0, 0.05) is 31.9 Å². The summed E-state index contributed by atoms with van der Waals surface area (Å²) in [4.78, 5) is 27.5. The van der Waals surface area contributed by atoms with Gasteiger partial charge in [-0.15, -0.1) is 5.10 Å². The van der Waals surface area contributed by atoms with Crippen LogP contribution >= 0.6 is 11.8 Å². The molecule has 0 radical (unpaired) electrons. The minimum atomic E-state index is -0.462. The zero-order valence-electron chi connectivity index (χ0n) is 18.5. The van der Waals surface area contributed by atoms with E-state index >= 15 is 0 Å². The van der Waals surface area contributed by atoms with Crippen LogP contribution < -0.4 is 4.90 Å². The van der Waals surface area contributed by atoms with Crippen molar-refractivity contribution >= 4 is 46.5 Å². The predicted octanol–water partition coefficient (Wildman–Crippen LogP) is 4.76. The van der Waals surface area contributed by atoms with Gasteiger partial charge in [-0.05, 0) is 65.4 Å². The Hall–Kier alpha value is -4.18. The second-order valence-corrected chi connectivity index (χ2v) is 8.55. The Labute approximate surface area is 200 Å². The molecule has 1 fully saturated rings. The molecular formula is C24H21N5O4S. The van der Waals surface area contributed by atoms with Gasteiger partial charge in [0.15, 0.2) is 5.17 Å². The molecular weight excluding hydrogens is 454 g/mol. The topological polar surface area (TPSA) is 105 Å². The van der Waals surface area contributed by atoms with E-state index in [1.807, 2.05) is 49.3 Å². The van der Waals surface area contributed by atoms with E-state index < -0.39 is 4.92 Å². The maximum absolute atomic E-state index is 13.1. The number of nitro benzene ring substituents is 1. The number of non-ortho nitro benzene ring substituents is 1. The number of benzene rings is 2. The summed E-state index contributed by atoms with van der Waals surface area (Å²) in [6, 6.07) is 17.4. The quantitative estimate of drug-likeness (QED) is 0.211. The highest BCUT2D eigenvalue weighted by Gasteiger charge is 2.34. The first-order valence-electron chi connectivity index (χ1n) is 10.3. The van der Waals surface area contributed by atoms with Crippen molar-refractivity contribution in [3.8, 4) is 0 Å². The smallest absolute Gasteiger partial charge is 0.269 e. The van der Waals surface area contributed by atoms with Crippen LogP contribution in [-0.4, -0.2) is 41.2 Å². The van der Waals surface area contributed by atoms with Crippen molar-refractivity contribution in [1.82, 2.24) is 4.90 Å². The number of amidine groups is 1. The van der Waals surface area contributed by atoms with Gasteiger partial charge in [-0.3, -0.25) is 19.8 Å². The van der Waals surface area contributed by atoms with E-state index in [4.69, 9.17) is 4.42 Å². The Morgan fingerprint density at radius 2 is 1.79 bits per heavy atom. The number of nitrogens with zero attached hydrogens (tertiary/aromatic N) is 5. The molecule has 2 heterocycles. The standard InChI is InChI=1S/C24H21N5O4S/c1-27(2)19-9-5-17(6-10-19)14-22-23(30)28(16-21-4-3-13-33-21)24(34-22)26-25-15-18-7-11-20(12-8-18)29(31)32/h3-15H,16H2,1-2H3/b22-14-,25-15+,26-24-. The lowest BCUT2D eigenvalue weighted by Crippen LogP contribution is -2.28. The van der Waals surface area contributed by atoms with Crippen molar-refractivity contribution in [2.75, 3.05) is 19.0 Å². The molecule has 1 amide bonds. The lowest BCUT2D eigenvalue weighted by Gasteiger charge is -2.12. The summed E-state index contributed by atoms with van der Waals surface area (Å²) in [5.41, 5.74) is 2.61. The molecule has 0 aliphatic carbocycles. The Morgan fingerprint density at radius 3 is 2.41 bits per heavy atom. The molecule has 1 aromatic heterocycles. The van der Waals surface area contributed by atoms with Gasteiger partial charge in [0.1, 0.15) is 5.76 Å². The van der Waals surface area contributed by atoms with Crippen LogP contribution in [0.25, 0.3) is 6.08 Å². The zero-order chi connectivity index (χ0) is 24.1. The first kappa shape index (κ1) is 23.0. The summed E-state index contributed by atoms with van der Waals surface area (Å²) in [5.74, 6) is 0.431. The molecule has 4 rings (SSSR count). The third kappa shape index (κ3) is 5.41. The van der Waals surface area contributed by atoms with Crippen molar-refractivity contribution in [2.45, 2.75) is 6.54 Å². The van der Waals surface area contributed by atoms with Crippen LogP contribution in [0.15, 0.2) is 86.5 Å². The minimum absolute atomic E-state index is 0.00146. The van der Waals surface area contributed by atoms with Crippen LogP contribution in [0.5, 0.6) is 0 Å². The van der Waals surface area contributed by atoms with E-state index in [2.05, 4.69) is 10.2 Å². The van der Waals surface area contributed by atoms with Crippen molar-refractivity contribution in [3.63, 3.8) is 0 Å². The molecule has 2 aromatic carbocycles. The SMILES string of the molecule is CN(C)c1ccc(/C=C2\S/C(=N\N=C\c3ccc([N+](=O)[O-])cc3)N(Cc3ccco3)C2=O)cc1. The van der Waals surface area contributed by atoms with Gasteiger partial charge < -0.3 is 9.32 Å². The second kappa shape index (κ2) is 10.2. The number of thioether (sulfide) groups is 1. The number of anilines is 1. The molecule has 0 atom stereocenters. The molecule has 10 heteroatoms. The number of carbonyl (C=O) groups is 1. The number of amides is 1. The highest BCUT2D eigenvalue weighted by molar-refractivity contribution is 8.18. The second-order valence-electron chi connectivity index (χ2n) is 7.54. The van der Waals surface area contributed by atoms with Gasteiger partial charge >= 0.3 is 0 Å². The molecule has 0 bridgehead atoms. The van der Waals surface area contributed by atoms with Crippen LogP contribution in [0.4, 0.5) is 11.4 Å². The molecule has 9 nitrogen and oxygen atoms in total. The lowest BCUT2D eigenvalue weighted by molar-refractivity contribution is -0.384. The molecule has 0 saturated carbocycles. The summed E-state index contributed by atoms with van der Waals surface area (Å²) in [6.07, 6.45) is 4.86. The van der Waals surface area contributed by atoms with E-state index in [0.717, 1.165) is 11.3 Å². The fourth-order valence-electron chi connectivity index (χ4n) is 3.13. The van der Waals surface area contributed by atoms with Crippen LogP contribution in [0.3, 0.4) is 0 Å². The molecule has 1 aliphatic rings. The monoisotopic (exact) mass is 475 g/mol. The Kier molecular flexibility index (Phi) is 6.88. The first-order chi connectivity index (χ1) is 16.4. The van der Waals surface area contributed by atoms with Gasteiger partial charge in [0.25, 0.3) is 11.6 Å². The molecule has 3 aromatic rings. The van der Waals surface area contributed by atoms with Gasteiger partial charge in [-0.1, -0.05) is 12.1 Å². The summed E-state index contributed by atoms with van der Waals surface area (Å²) in [6.45, 7) is 0.224. The zero-order valence-corrected chi connectivity index (χ0v) is 19.3. The number of furan rings is 1. The number of hydrogen-bond donors (Lipinski definition) is 0. The maximum atomic E-state index is 13.1. The van der Waals surface area contributed by atoms with Crippen molar-refractivity contribution in [1.29, 1.82) is 0 Å².